The molecule has 0 aliphatic rings. The van der Waals surface area contributed by atoms with Crippen LogP contribution in [0, 0.1) is 5.82 Å². The Balaban J connectivity index is 1.62. The van der Waals surface area contributed by atoms with Gasteiger partial charge in [0, 0.05) is 15.7 Å². The number of ether oxygens (including phenoxy) is 1. The average molecular weight is 392 g/mol. The number of anilines is 1. The highest BCUT2D eigenvalue weighted by Crippen LogP contribution is 2.22. The van der Waals surface area contributed by atoms with E-state index in [9.17, 15) is 9.18 Å². The topological polar surface area (TPSA) is 77.2 Å². The van der Waals surface area contributed by atoms with E-state index in [1.807, 2.05) is 0 Å². The van der Waals surface area contributed by atoms with E-state index in [4.69, 9.17) is 9.15 Å². The first kappa shape index (κ1) is 16.1. The zero-order valence-electron chi connectivity index (χ0n) is 12.2. The Morgan fingerprint density at radius 3 is 2.92 bits per heavy atom. The molecule has 0 fully saturated rings. The molecule has 1 heterocycles. The second kappa shape index (κ2) is 7.22. The SMILES string of the molecule is O=C(COc1ccc(Br)cc1F)Nc1cccc(-c2nnco2)c1. The van der Waals surface area contributed by atoms with Gasteiger partial charge in [-0.3, -0.25) is 4.79 Å². The molecular weight excluding hydrogens is 381 g/mol. The molecule has 0 saturated heterocycles. The van der Waals surface area contributed by atoms with Gasteiger partial charge in [0.2, 0.25) is 12.3 Å². The molecule has 8 heteroatoms. The maximum absolute atomic E-state index is 13.6. The van der Waals surface area contributed by atoms with E-state index < -0.39 is 11.7 Å². The monoisotopic (exact) mass is 391 g/mol. The average Bonchev–Trinajstić information content (AvgIpc) is 3.09. The summed E-state index contributed by atoms with van der Waals surface area (Å²) in [6.07, 6.45) is 1.22. The quantitative estimate of drug-likeness (QED) is 0.717. The molecule has 0 spiro atoms. The molecule has 0 saturated carbocycles. The van der Waals surface area contributed by atoms with Gasteiger partial charge in [0.25, 0.3) is 5.91 Å². The molecule has 3 rings (SSSR count). The standard InChI is InChI=1S/C16H11BrFN3O3/c17-11-4-5-14(13(18)7-11)23-8-15(22)20-12-3-1-2-10(6-12)16-21-19-9-24-16/h1-7,9H,8H2,(H,20,22). The first-order valence-electron chi connectivity index (χ1n) is 6.86. The number of nitrogens with zero attached hydrogens (tertiary/aromatic N) is 2. The smallest absolute Gasteiger partial charge is 0.262 e. The van der Waals surface area contributed by atoms with Crippen LogP contribution in [0.25, 0.3) is 11.5 Å². The summed E-state index contributed by atoms with van der Waals surface area (Å²) in [5.74, 6) is -0.609. The Morgan fingerprint density at radius 1 is 1.29 bits per heavy atom. The van der Waals surface area contributed by atoms with E-state index in [0.29, 0.717) is 21.6 Å². The largest absolute Gasteiger partial charge is 0.481 e. The van der Waals surface area contributed by atoms with Crippen molar-refractivity contribution in [2.45, 2.75) is 0 Å². The molecule has 0 unspecified atom stereocenters. The number of carbonyl (C=O) groups excluding carboxylic acids is 1. The van der Waals surface area contributed by atoms with Crippen molar-refractivity contribution in [3.8, 4) is 17.2 Å². The predicted octanol–water partition coefficient (Wildman–Crippen LogP) is 3.66. The number of halogens is 2. The summed E-state index contributed by atoms with van der Waals surface area (Å²) in [7, 11) is 0. The number of hydrogen-bond acceptors (Lipinski definition) is 5. The Bertz CT molecular complexity index is 856. The molecule has 0 bridgehead atoms. The summed E-state index contributed by atoms with van der Waals surface area (Å²) in [6, 6.07) is 11.2. The number of nitrogens with one attached hydrogen (secondary N) is 1. The Hall–Kier alpha value is -2.74. The van der Waals surface area contributed by atoms with Gasteiger partial charge < -0.3 is 14.5 Å². The van der Waals surface area contributed by atoms with Crippen molar-refractivity contribution >= 4 is 27.5 Å². The number of hydrogen-bond donors (Lipinski definition) is 1. The maximum Gasteiger partial charge on any atom is 0.262 e. The highest BCUT2D eigenvalue weighted by molar-refractivity contribution is 9.10. The first-order chi connectivity index (χ1) is 11.6. The molecule has 1 aromatic heterocycles. The van der Waals surface area contributed by atoms with E-state index in [-0.39, 0.29) is 12.4 Å². The predicted molar refractivity (Wildman–Crippen MR) is 88.0 cm³/mol. The summed E-state index contributed by atoms with van der Waals surface area (Å²) < 4.78 is 24.5. The van der Waals surface area contributed by atoms with Crippen molar-refractivity contribution in [3.63, 3.8) is 0 Å². The zero-order valence-corrected chi connectivity index (χ0v) is 13.8. The molecule has 3 aromatic rings. The summed E-state index contributed by atoms with van der Waals surface area (Å²) >= 11 is 3.15. The van der Waals surface area contributed by atoms with E-state index in [1.165, 1.54) is 18.5 Å². The summed E-state index contributed by atoms with van der Waals surface area (Å²) in [5.41, 5.74) is 1.21. The third-order valence-corrected chi connectivity index (χ3v) is 3.50. The van der Waals surface area contributed by atoms with Gasteiger partial charge in [0.1, 0.15) is 0 Å². The zero-order chi connectivity index (χ0) is 16.9. The summed E-state index contributed by atoms with van der Waals surface area (Å²) in [4.78, 5) is 11.9. The molecule has 1 N–H and O–H groups in total. The maximum atomic E-state index is 13.6. The van der Waals surface area contributed by atoms with Crippen LogP contribution >= 0.6 is 15.9 Å². The van der Waals surface area contributed by atoms with Gasteiger partial charge in [-0.05, 0) is 36.4 Å². The van der Waals surface area contributed by atoms with Crippen molar-refractivity contribution in [2.75, 3.05) is 11.9 Å². The van der Waals surface area contributed by atoms with Crippen LogP contribution in [-0.4, -0.2) is 22.7 Å². The fourth-order valence-corrected chi connectivity index (χ4v) is 2.29. The molecule has 24 heavy (non-hydrogen) atoms. The first-order valence-corrected chi connectivity index (χ1v) is 7.65. The number of amides is 1. The fraction of sp³-hybridized carbons (Fsp3) is 0.0625. The molecule has 6 nitrogen and oxygen atoms in total. The highest BCUT2D eigenvalue weighted by Gasteiger charge is 2.09. The van der Waals surface area contributed by atoms with Crippen molar-refractivity contribution in [3.05, 3.63) is 59.1 Å². The number of rotatable bonds is 5. The molecule has 0 radical (unpaired) electrons. The molecular formula is C16H11BrFN3O3. The van der Waals surface area contributed by atoms with Crippen LogP contribution in [0.1, 0.15) is 0 Å². The van der Waals surface area contributed by atoms with Crippen molar-refractivity contribution in [1.29, 1.82) is 0 Å². The lowest BCUT2D eigenvalue weighted by atomic mass is 10.2. The minimum atomic E-state index is -0.546. The van der Waals surface area contributed by atoms with Crippen LogP contribution in [0.3, 0.4) is 0 Å². The lowest BCUT2D eigenvalue weighted by molar-refractivity contribution is -0.118. The minimum Gasteiger partial charge on any atom is -0.481 e. The summed E-state index contributed by atoms with van der Waals surface area (Å²) in [5, 5.41) is 10.1. The van der Waals surface area contributed by atoms with Gasteiger partial charge in [0.15, 0.2) is 18.2 Å². The van der Waals surface area contributed by atoms with Crippen LogP contribution in [-0.2, 0) is 4.79 Å². The number of aromatic nitrogens is 2. The van der Waals surface area contributed by atoms with E-state index >= 15 is 0 Å². The van der Waals surface area contributed by atoms with Crippen molar-refractivity contribution in [1.82, 2.24) is 10.2 Å². The summed E-state index contributed by atoms with van der Waals surface area (Å²) in [6.45, 7) is -0.316. The molecule has 0 aliphatic heterocycles. The van der Waals surface area contributed by atoms with Crippen LogP contribution in [0.2, 0.25) is 0 Å². The third-order valence-electron chi connectivity index (χ3n) is 3.01. The van der Waals surface area contributed by atoms with Gasteiger partial charge >= 0.3 is 0 Å². The Morgan fingerprint density at radius 2 is 2.17 bits per heavy atom. The van der Waals surface area contributed by atoms with E-state index in [2.05, 4.69) is 31.4 Å². The van der Waals surface area contributed by atoms with Gasteiger partial charge in [-0.15, -0.1) is 10.2 Å². The second-order valence-electron chi connectivity index (χ2n) is 4.74. The van der Waals surface area contributed by atoms with Crippen molar-refractivity contribution < 1.29 is 18.3 Å². The lowest BCUT2D eigenvalue weighted by Crippen LogP contribution is -2.20. The fourth-order valence-electron chi connectivity index (χ4n) is 1.96. The lowest BCUT2D eigenvalue weighted by Gasteiger charge is -2.09. The van der Waals surface area contributed by atoms with Gasteiger partial charge in [0.05, 0.1) is 0 Å². The molecule has 122 valence electrons. The van der Waals surface area contributed by atoms with Gasteiger partial charge in [-0.2, -0.15) is 0 Å². The normalized spacial score (nSPS) is 10.4. The Labute approximate surface area is 144 Å². The number of carbonyl (C=O) groups is 1. The van der Waals surface area contributed by atoms with Crippen LogP contribution in [0.4, 0.5) is 10.1 Å². The molecule has 1 amide bonds. The Kier molecular flexibility index (Phi) is 4.85. The third kappa shape index (κ3) is 3.96. The van der Waals surface area contributed by atoms with Crippen molar-refractivity contribution in [2.24, 2.45) is 0 Å². The highest BCUT2D eigenvalue weighted by atomic mass is 79.9. The van der Waals surface area contributed by atoms with Gasteiger partial charge in [-0.25, -0.2) is 4.39 Å². The molecule has 0 aliphatic carbocycles. The van der Waals surface area contributed by atoms with Crippen LogP contribution in [0.15, 0.2) is 57.7 Å². The minimum absolute atomic E-state index is 0.00737. The molecule has 0 atom stereocenters. The second-order valence-corrected chi connectivity index (χ2v) is 5.65. The van der Waals surface area contributed by atoms with E-state index in [1.54, 1.807) is 30.3 Å². The molecule has 2 aromatic carbocycles. The van der Waals surface area contributed by atoms with Crippen LogP contribution in [0.5, 0.6) is 5.75 Å². The number of benzene rings is 2. The van der Waals surface area contributed by atoms with Gasteiger partial charge in [-0.1, -0.05) is 22.0 Å². The van der Waals surface area contributed by atoms with Crippen LogP contribution < -0.4 is 10.1 Å². The van der Waals surface area contributed by atoms with E-state index in [0.717, 1.165) is 0 Å².